The number of anilines is 2. The number of nitrogens with two attached hydrogens (primary N) is 1. The summed E-state index contributed by atoms with van der Waals surface area (Å²) >= 11 is 0. The molecular weight excluding hydrogens is 553 g/mol. The van der Waals surface area contributed by atoms with Gasteiger partial charge in [0.2, 0.25) is 0 Å². The van der Waals surface area contributed by atoms with E-state index in [1.54, 1.807) is 18.5 Å². The van der Waals surface area contributed by atoms with Gasteiger partial charge in [0.15, 0.2) is 0 Å². The molecule has 1 amide bonds. The van der Waals surface area contributed by atoms with Crippen LogP contribution in [0.15, 0.2) is 48.9 Å². The van der Waals surface area contributed by atoms with Crippen LogP contribution in [0.1, 0.15) is 34.8 Å². The number of methoxy groups -OCH3 is 1. The number of rotatable bonds is 6. The Hall–Kier alpha value is -4.27. The number of amides is 1. The highest BCUT2D eigenvalue weighted by Crippen LogP contribution is 2.38. The standard InChI is InChI=1S/C28H29F3N8O3/c1-15-14-42-21(13-39(15)18-11-33-12-18)26-37-23(24-25(32)35-7-8-38(24)26)19-4-3-16(9-20(19)41-2)27(40)36-22-10-17(5-6-34-22)28(29,30)31/h3-10,15,18,21,33H,11-14H2,1-2H3,(H2,32,35)(H,34,36,40)/t15-,21+/m0/s1. The second kappa shape index (κ2) is 10.9. The number of carbonyl (C=O) groups excluding carboxylic acids is 1. The minimum atomic E-state index is -4.57. The van der Waals surface area contributed by atoms with Gasteiger partial charge in [-0.1, -0.05) is 0 Å². The number of fused-ring (bicyclic) bond motifs is 1. The predicted molar refractivity (Wildman–Crippen MR) is 148 cm³/mol. The maximum absolute atomic E-state index is 13.1. The second-order valence-corrected chi connectivity index (χ2v) is 10.3. The van der Waals surface area contributed by atoms with Gasteiger partial charge in [0.1, 0.15) is 40.5 Å². The number of hydrogen-bond acceptors (Lipinski definition) is 9. The molecule has 5 heterocycles. The molecule has 4 N–H and O–H groups in total. The van der Waals surface area contributed by atoms with Gasteiger partial charge < -0.3 is 25.8 Å². The summed E-state index contributed by atoms with van der Waals surface area (Å²) in [5, 5.41) is 5.74. The van der Waals surface area contributed by atoms with Crippen LogP contribution >= 0.6 is 0 Å². The van der Waals surface area contributed by atoms with Gasteiger partial charge >= 0.3 is 6.18 Å². The summed E-state index contributed by atoms with van der Waals surface area (Å²) in [4.78, 5) is 28.4. The fourth-order valence-electron chi connectivity index (χ4n) is 5.34. The van der Waals surface area contributed by atoms with Crippen LogP contribution in [-0.4, -0.2) is 75.6 Å². The highest BCUT2D eigenvalue weighted by molar-refractivity contribution is 6.04. The number of nitrogens with zero attached hydrogens (tertiary/aromatic N) is 5. The molecule has 0 bridgehead atoms. The molecule has 6 rings (SSSR count). The molecule has 0 spiro atoms. The molecule has 2 atom stereocenters. The van der Waals surface area contributed by atoms with E-state index in [0.29, 0.717) is 47.5 Å². The van der Waals surface area contributed by atoms with Gasteiger partial charge in [0.25, 0.3) is 5.91 Å². The summed E-state index contributed by atoms with van der Waals surface area (Å²) in [5.41, 5.74) is 7.19. The first-order valence-corrected chi connectivity index (χ1v) is 13.4. The zero-order chi connectivity index (χ0) is 29.6. The van der Waals surface area contributed by atoms with E-state index in [1.807, 2.05) is 4.40 Å². The molecule has 2 aliphatic rings. The zero-order valence-electron chi connectivity index (χ0n) is 22.9. The molecule has 0 saturated carbocycles. The van der Waals surface area contributed by atoms with E-state index in [1.165, 1.54) is 19.2 Å². The fourth-order valence-corrected chi connectivity index (χ4v) is 5.34. The molecule has 220 valence electrons. The van der Waals surface area contributed by atoms with Gasteiger partial charge in [-0.2, -0.15) is 13.2 Å². The van der Waals surface area contributed by atoms with Crippen molar-refractivity contribution in [3.8, 4) is 17.0 Å². The number of nitrogen functional groups attached to an aromatic ring is 1. The number of imidazole rings is 1. The Morgan fingerprint density at radius 3 is 2.71 bits per heavy atom. The van der Waals surface area contributed by atoms with E-state index in [4.69, 9.17) is 20.2 Å². The third-order valence-electron chi connectivity index (χ3n) is 7.66. The van der Waals surface area contributed by atoms with Crippen molar-refractivity contribution < 1.29 is 27.4 Å². The molecule has 42 heavy (non-hydrogen) atoms. The van der Waals surface area contributed by atoms with Crippen molar-refractivity contribution in [2.45, 2.75) is 31.3 Å². The average Bonchev–Trinajstić information content (AvgIpc) is 3.33. The predicted octanol–water partition coefficient (Wildman–Crippen LogP) is 3.39. The summed E-state index contributed by atoms with van der Waals surface area (Å²) in [6.45, 7) is 5.23. The highest BCUT2D eigenvalue weighted by atomic mass is 19.4. The minimum Gasteiger partial charge on any atom is -0.496 e. The van der Waals surface area contributed by atoms with Crippen LogP contribution in [0, 0.1) is 0 Å². The first kappa shape index (κ1) is 27.9. The second-order valence-electron chi connectivity index (χ2n) is 10.3. The van der Waals surface area contributed by atoms with Crippen LogP contribution in [-0.2, 0) is 10.9 Å². The van der Waals surface area contributed by atoms with Crippen LogP contribution in [0.5, 0.6) is 5.75 Å². The van der Waals surface area contributed by atoms with Gasteiger partial charge in [0, 0.05) is 61.4 Å². The Morgan fingerprint density at radius 2 is 2.00 bits per heavy atom. The monoisotopic (exact) mass is 582 g/mol. The molecule has 0 unspecified atom stereocenters. The minimum absolute atomic E-state index is 0.152. The number of morpholine rings is 1. The summed E-state index contributed by atoms with van der Waals surface area (Å²) in [6, 6.07) is 6.99. The third-order valence-corrected chi connectivity index (χ3v) is 7.66. The normalized spacial score (nSPS) is 19.9. The number of ether oxygens (including phenoxy) is 2. The van der Waals surface area contributed by atoms with E-state index < -0.39 is 17.6 Å². The molecular formula is C28H29F3N8O3. The number of benzene rings is 1. The topological polar surface area (TPSA) is 132 Å². The lowest BCUT2D eigenvalue weighted by atomic mass is 10.1. The Kier molecular flexibility index (Phi) is 7.20. The number of carbonyl (C=O) groups is 1. The molecule has 0 aliphatic carbocycles. The molecule has 2 aliphatic heterocycles. The zero-order valence-corrected chi connectivity index (χ0v) is 22.9. The van der Waals surface area contributed by atoms with Crippen LogP contribution < -0.4 is 21.1 Å². The van der Waals surface area contributed by atoms with Crippen molar-refractivity contribution in [1.82, 2.24) is 29.6 Å². The molecule has 2 saturated heterocycles. The average molecular weight is 583 g/mol. The van der Waals surface area contributed by atoms with Crippen LogP contribution in [0.4, 0.5) is 24.8 Å². The van der Waals surface area contributed by atoms with Crippen molar-refractivity contribution >= 4 is 23.1 Å². The summed E-state index contributed by atoms with van der Waals surface area (Å²) in [6.07, 6.45) is -0.515. The van der Waals surface area contributed by atoms with Crippen molar-refractivity contribution in [3.63, 3.8) is 0 Å². The Labute approximate surface area is 238 Å². The van der Waals surface area contributed by atoms with E-state index in [-0.39, 0.29) is 29.3 Å². The molecule has 1 aromatic carbocycles. The van der Waals surface area contributed by atoms with E-state index >= 15 is 0 Å². The first-order chi connectivity index (χ1) is 20.1. The van der Waals surface area contributed by atoms with Crippen LogP contribution in [0.3, 0.4) is 0 Å². The van der Waals surface area contributed by atoms with Crippen molar-refractivity contribution in [2.24, 2.45) is 0 Å². The van der Waals surface area contributed by atoms with Crippen molar-refractivity contribution in [1.29, 1.82) is 0 Å². The van der Waals surface area contributed by atoms with Crippen LogP contribution in [0.25, 0.3) is 16.8 Å². The number of halogens is 3. The largest absolute Gasteiger partial charge is 0.496 e. The van der Waals surface area contributed by atoms with Crippen molar-refractivity contribution in [3.05, 3.63) is 65.9 Å². The molecule has 4 aromatic rings. The van der Waals surface area contributed by atoms with E-state index in [2.05, 4.69) is 32.4 Å². The highest BCUT2D eigenvalue weighted by Gasteiger charge is 2.37. The molecule has 11 nitrogen and oxygen atoms in total. The number of aromatic nitrogens is 4. The maximum Gasteiger partial charge on any atom is 0.416 e. The lowest BCUT2D eigenvalue weighted by Crippen LogP contribution is -2.62. The quantitative estimate of drug-likeness (QED) is 0.313. The smallest absolute Gasteiger partial charge is 0.416 e. The molecule has 3 aromatic heterocycles. The summed E-state index contributed by atoms with van der Waals surface area (Å²) in [7, 11) is 1.45. The first-order valence-electron chi connectivity index (χ1n) is 13.4. The Morgan fingerprint density at radius 1 is 1.19 bits per heavy atom. The number of hydrogen-bond donors (Lipinski definition) is 3. The maximum atomic E-state index is 13.1. The van der Waals surface area contributed by atoms with Crippen LogP contribution in [0.2, 0.25) is 0 Å². The lowest BCUT2D eigenvalue weighted by Gasteiger charge is -2.46. The molecule has 14 heteroatoms. The lowest BCUT2D eigenvalue weighted by molar-refractivity contribution is -0.137. The SMILES string of the molecule is COc1cc(C(=O)Nc2cc(C(F)(F)F)ccn2)ccc1-c1nc([C@H]2CN(C3CNC3)[C@@H](C)CO2)n2ccnc(N)c12. The fraction of sp³-hybridized carbons (Fsp3) is 0.357. The van der Waals surface area contributed by atoms with Gasteiger partial charge in [-0.25, -0.2) is 15.0 Å². The van der Waals surface area contributed by atoms with Gasteiger partial charge in [0.05, 0.1) is 19.3 Å². The summed E-state index contributed by atoms with van der Waals surface area (Å²) in [5.74, 6) is 0.357. The van der Waals surface area contributed by atoms with E-state index in [0.717, 1.165) is 31.4 Å². The molecule has 2 fully saturated rings. The molecule has 0 radical (unpaired) electrons. The number of nitrogens with one attached hydrogen (secondary N) is 2. The van der Waals surface area contributed by atoms with Crippen molar-refractivity contribution in [2.75, 3.05) is 44.4 Å². The number of pyridine rings is 1. The van der Waals surface area contributed by atoms with E-state index in [9.17, 15) is 18.0 Å². The van der Waals surface area contributed by atoms with Gasteiger partial charge in [-0.3, -0.25) is 14.1 Å². The summed E-state index contributed by atoms with van der Waals surface area (Å²) < 4.78 is 53.0. The Bertz CT molecular complexity index is 1640. The van der Waals surface area contributed by atoms with Gasteiger partial charge in [-0.15, -0.1) is 0 Å². The number of alkyl halides is 3. The third kappa shape index (κ3) is 5.12. The Balaban J connectivity index is 1.33. The van der Waals surface area contributed by atoms with Gasteiger partial charge in [-0.05, 0) is 37.3 Å².